The Morgan fingerprint density at radius 1 is 1.26 bits per heavy atom. The van der Waals surface area contributed by atoms with Gasteiger partial charge in [-0.15, -0.1) is 22.7 Å². The average molecular weight is 292 g/mol. The third kappa shape index (κ3) is 2.43. The van der Waals surface area contributed by atoms with Crippen molar-refractivity contribution in [2.75, 3.05) is 0 Å². The molecule has 0 bridgehead atoms. The van der Waals surface area contributed by atoms with Crippen LogP contribution in [0.1, 0.15) is 30.5 Å². The molecule has 5 nitrogen and oxygen atoms in total. The Balaban J connectivity index is 1.92. The summed E-state index contributed by atoms with van der Waals surface area (Å²) in [6.45, 7) is 6.17. The molecule has 0 spiro atoms. The van der Waals surface area contributed by atoms with Crippen molar-refractivity contribution in [2.45, 2.75) is 26.7 Å². The number of hydrogen-bond donors (Lipinski definition) is 0. The lowest BCUT2D eigenvalue weighted by atomic mass is 10.2. The van der Waals surface area contributed by atoms with Crippen molar-refractivity contribution in [3.8, 4) is 21.6 Å². The van der Waals surface area contributed by atoms with Crippen LogP contribution in [0.4, 0.5) is 0 Å². The first-order chi connectivity index (χ1) is 9.13. The molecule has 0 atom stereocenters. The maximum absolute atomic E-state index is 5.28. The minimum Gasteiger partial charge on any atom is -0.333 e. The Labute approximate surface area is 118 Å². The van der Waals surface area contributed by atoms with E-state index in [1.54, 1.807) is 17.5 Å². The zero-order valence-electron chi connectivity index (χ0n) is 10.7. The van der Waals surface area contributed by atoms with Crippen LogP contribution in [-0.4, -0.2) is 20.1 Å². The molecule has 98 valence electrons. The maximum Gasteiger partial charge on any atom is 0.270 e. The van der Waals surface area contributed by atoms with Crippen LogP contribution in [0.15, 0.2) is 16.1 Å². The minimum absolute atomic E-state index is 0.405. The van der Waals surface area contributed by atoms with Crippen molar-refractivity contribution in [3.63, 3.8) is 0 Å². The van der Waals surface area contributed by atoms with Gasteiger partial charge in [0.15, 0.2) is 5.01 Å². The van der Waals surface area contributed by atoms with Gasteiger partial charge in [-0.25, -0.2) is 9.97 Å². The van der Waals surface area contributed by atoms with Crippen LogP contribution < -0.4 is 0 Å². The molecule has 0 unspecified atom stereocenters. The molecule has 0 aliphatic heterocycles. The lowest BCUT2D eigenvalue weighted by molar-refractivity contribution is 0.433. The van der Waals surface area contributed by atoms with E-state index in [9.17, 15) is 0 Å². The highest BCUT2D eigenvalue weighted by Crippen LogP contribution is 2.30. The highest BCUT2D eigenvalue weighted by Gasteiger charge is 2.16. The molecule has 3 heterocycles. The quantitative estimate of drug-likeness (QED) is 0.735. The third-order valence-electron chi connectivity index (χ3n) is 2.46. The van der Waals surface area contributed by atoms with Gasteiger partial charge in [-0.3, -0.25) is 0 Å². The molecule has 0 saturated heterocycles. The van der Waals surface area contributed by atoms with Gasteiger partial charge in [0, 0.05) is 17.0 Å². The van der Waals surface area contributed by atoms with Crippen LogP contribution in [-0.2, 0) is 0 Å². The van der Waals surface area contributed by atoms with Gasteiger partial charge in [0.2, 0.25) is 5.82 Å². The van der Waals surface area contributed by atoms with Crippen molar-refractivity contribution < 1.29 is 4.52 Å². The molecule has 0 aliphatic carbocycles. The second-order valence-corrected chi connectivity index (χ2v) is 6.35. The van der Waals surface area contributed by atoms with Gasteiger partial charge in [-0.1, -0.05) is 19.0 Å². The topological polar surface area (TPSA) is 64.7 Å². The molecule has 0 N–H and O–H groups in total. The second kappa shape index (κ2) is 4.82. The van der Waals surface area contributed by atoms with Crippen molar-refractivity contribution in [1.29, 1.82) is 0 Å². The van der Waals surface area contributed by atoms with E-state index < -0.39 is 0 Å². The molecule has 7 heteroatoms. The van der Waals surface area contributed by atoms with E-state index in [-0.39, 0.29) is 0 Å². The zero-order valence-corrected chi connectivity index (χ0v) is 12.4. The smallest absolute Gasteiger partial charge is 0.270 e. The molecule has 0 saturated carbocycles. The van der Waals surface area contributed by atoms with Crippen LogP contribution >= 0.6 is 22.7 Å². The monoisotopic (exact) mass is 292 g/mol. The van der Waals surface area contributed by atoms with Crippen LogP contribution in [0.5, 0.6) is 0 Å². The molecular weight excluding hydrogens is 280 g/mol. The molecule has 3 aromatic rings. The molecule has 0 radical (unpaired) electrons. The molecule has 3 aromatic heterocycles. The first-order valence-corrected chi connectivity index (χ1v) is 7.55. The number of aromatic nitrogens is 4. The Morgan fingerprint density at radius 2 is 2.11 bits per heavy atom. The zero-order chi connectivity index (χ0) is 13.4. The molecule has 0 aromatic carbocycles. The summed E-state index contributed by atoms with van der Waals surface area (Å²) in [5.74, 6) is 1.45. The van der Waals surface area contributed by atoms with E-state index in [0.29, 0.717) is 17.6 Å². The Bertz CT molecular complexity index is 698. The minimum atomic E-state index is 0.405. The maximum atomic E-state index is 5.28. The van der Waals surface area contributed by atoms with E-state index in [1.807, 2.05) is 12.3 Å². The SMILES string of the molecule is Cc1csc(-c2noc(-c3cnc(C(C)C)s3)n2)n1. The predicted molar refractivity (Wildman–Crippen MR) is 75.3 cm³/mol. The van der Waals surface area contributed by atoms with E-state index >= 15 is 0 Å². The van der Waals surface area contributed by atoms with E-state index in [2.05, 4.69) is 34.0 Å². The van der Waals surface area contributed by atoms with E-state index in [4.69, 9.17) is 4.52 Å². The van der Waals surface area contributed by atoms with Gasteiger partial charge in [-0.05, 0) is 6.92 Å². The normalized spacial score (nSPS) is 11.4. The fourth-order valence-electron chi connectivity index (χ4n) is 1.52. The van der Waals surface area contributed by atoms with Crippen molar-refractivity contribution in [3.05, 3.63) is 22.3 Å². The van der Waals surface area contributed by atoms with Crippen LogP contribution in [0, 0.1) is 6.92 Å². The number of rotatable bonds is 3. The fourth-order valence-corrected chi connectivity index (χ4v) is 3.08. The van der Waals surface area contributed by atoms with Gasteiger partial charge in [-0.2, -0.15) is 4.98 Å². The Kier molecular flexibility index (Phi) is 3.16. The molecule has 0 amide bonds. The highest BCUT2D eigenvalue weighted by atomic mass is 32.1. The molecule has 19 heavy (non-hydrogen) atoms. The summed E-state index contributed by atoms with van der Waals surface area (Å²) in [7, 11) is 0. The lowest BCUT2D eigenvalue weighted by Gasteiger charge is -1.94. The van der Waals surface area contributed by atoms with Gasteiger partial charge < -0.3 is 4.52 Å². The molecule has 3 rings (SSSR count). The van der Waals surface area contributed by atoms with Gasteiger partial charge in [0.25, 0.3) is 5.89 Å². The Morgan fingerprint density at radius 3 is 2.74 bits per heavy atom. The predicted octanol–water partition coefficient (Wildman–Crippen LogP) is 3.75. The first kappa shape index (κ1) is 12.4. The van der Waals surface area contributed by atoms with Gasteiger partial charge >= 0.3 is 0 Å². The summed E-state index contributed by atoms with van der Waals surface area (Å²) in [5, 5.41) is 7.79. The van der Waals surface area contributed by atoms with Crippen LogP contribution in [0.25, 0.3) is 21.6 Å². The highest BCUT2D eigenvalue weighted by molar-refractivity contribution is 7.15. The van der Waals surface area contributed by atoms with Gasteiger partial charge in [0.05, 0.1) is 11.2 Å². The fraction of sp³-hybridized carbons (Fsp3) is 0.333. The summed E-state index contributed by atoms with van der Waals surface area (Å²) < 4.78 is 5.28. The lowest BCUT2D eigenvalue weighted by Crippen LogP contribution is -1.81. The van der Waals surface area contributed by atoms with E-state index in [0.717, 1.165) is 20.6 Å². The number of nitrogens with zero attached hydrogens (tertiary/aromatic N) is 4. The van der Waals surface area contributed by atoms with Crippen molar-refractivity contribution >= 4 is 22.7 Å². The summed E-state index contributed by atoms with van der Waals surface area (Å²) in [6, 6.07) is 0. The largest absolute Gasteiger partial charge is 0.333 e. The van der Waals surface area contributed by atoms with E-state index in [1.165, 1.54) is 11.3 Å². The Hall–Kier alpha value is -1.60. The number of aryl methyl sites for hydroxylation is 1. The third-order valence-corrected chi connectivity index (χ3v) is 4.71. The van der Waals surface area contributed by atoms with Crippen molar-refractivity contribution in [2.24, 2.45) is 0 Å². The van der Waals surface area contributed by atoms with Crippen molar-refractivity contribution in [1.82, 2.24) is 20.1 Å². The molecular formula is C12H12N4OS2. The number of hydrogen-bond acceptors (Lipinski definition) is 7. The summed E-state index contributed by atoms with van der Waals surface area (Å²) in [6.07, 6.45) is 1.78. The molecule has 0 fully saturated rings. The average Bonchev–Trinajstić information content (AvgIpc) is 3.07. The first-order valence-electron chi connectivity index (χ1n) is 5.86. The van der Waals surface area contributed by atoms with Gasteiger partial charge in [0.1, 0.15) is 4.88 Å². The summed E-state index contributed by atoms with van der Waals surface area (Å²) >= 11 is 3.10. The number of thiazole rings is 2. The summed E-state index contributed by atoms with van der Waals surface area (Å²) in [4.78, 5) is 14.0. The standard InChI is InChI=1S/C12H12N4OS2/c1-6(2)11-13-4-8(19-11)10-15-9(16-17-10)12-14-7(3)5-18-12/h4-6H,1-3H3. The van der Waals surface area contributed by atoms with Crippen LogP contribution in [0.3, 0.4) is 0 Å². The van der Waals surface area contributed by atoms with Crippen LogP contribution in [0.2, 0.25) is 0 Å². The summed E-state index contributed by atoms with van der Waals surface area (Å²) in [5.41, 5.74) is 0.964. The molecule has 0 aliphatic rings. The second-order valence-electron chi connectivity index (χ2n) is 4.43.